The SMILES string of the molecule is CCCc1nc(Cc2nccn2CC)cc(NCC)n1. The predicted molar refractivity (Wildman–Crippen MR) is 80.9 cm³/mol. The first-order chi connectivity index (χ1) is 9.76. The van der Waals surface area contributed by atoms with Gasteiger partial charge in [0.05, 0.1) is 5.69 Å². The van der Waals surface area contributed by atoms with Crippen molar-refractivity contribution >= 4 is 5.82 Å². The highest BCUT2D eigenvalue weighted by atomic mass is 15.1. The molecule has 1 N–H and O–H groups in total. The summed E-state index contributed by atoms with van der Waals surface area (Å²) in [7, 11) is 0. The van der Waals surface area contributed by atoms with Crippen LogP contribution in [0.5, 0.6) is 0 Å². The Bertz CT molecular complexity index is 523. The number of rotatable bonds is 7. The van der Waals surface area contributed by atoms with Crippen LogP contribution in [-0.4, -0.2) is 26.1 Å². The molecule has 0 saturated heterocycles. The van der Waals surface area contributed by atoms with Gasteiger partial charge >= 0.3 is 0 Å². The molecule has 5 heteroatoms. The van der Waals surface area contributed by atoms with E-state index < -0.39 is 0 Å². The summed E-state index contributed by atoms with van der Waals surface area (Å²) in [6.07, 6.45) is 6.57. The average Bonchev–Trinajstić information content (AvgIpc) is 2.86. The number of aryl methyl sites for hydroxylation is 2. The van der Waals surface area contributed by atoms with Crippen molar-refractivity contribution in [3.63, 3.8) is 0 Å². The second-order valence-corrected chi connectivity index (χ2v) is 4.75. The summed E-state index contributed by atoms with van der Waals surface area (Å²) in [6.45, 7) is 8.14. The number of hydrogen-bond donors (Lipinski definition) is 1. The van der Waals surface area contributed by atoms with Crippen molar-refractivity contribution in [3.8, 4) is 0 Å². The van der Waals surface area contributed by atoms with Crippen LogP contribution in [-0.2, 0) is 19.4 Å². The van der Waals surface area contributed by atoms with Crippen LogP contribution >= 0.6 is 0 Å². The lowest BCUT2D eigenvalue weighted by molar-refractivity contribution is 0.705. The number of imidazole rings is 1. The number of aromatic nitrogens is 4. The molecule has 0 radical (unpaired) electrons. The summed E-state index contributed by atoms with van der Waals surface area (Å²) in [5.41, 5.74) is 1.03. The molecule has 2 aromatic heterocycles. The highest BCUT2D eigenvalue weighted by Gasteiger charge is 2.08. The van der Waals surface area contributed by atoms with Crippen LogP contribution < -0.4 is 5.32 Å². The van der Waals surface area contributed by atoms with E-state index in [2.05, 4.69) is 45.6 Å². The smallest absolute Gasteiger partial charge is 0.131 e. The lowest BCUT2D eigenvalue weighted by atomic mass is 10.2. The van der Waals surface area contributed by atoms with Gasteiger partial charge in [0.25, 0.3) is 0 Å². The normalized spacial score (nSPS) is 10.8. The van der Waals surface area contributed by atoms with E-state index >= 15 is 0 Å². The zero-order chi connectivity index (χ0) is 14.4. The fraction of sp³-hybridized carbons (Fsp3) is 0.533. The van der Waals surface area contributed by atoms with Crippen LogP contribution in [0.1, 0.15) is 44.5 Å². The molecule has 0 bridgehead atoms. The molecule has 2 heterocycles. The second kappa shape index (κ2) is 7.03. The van der Waals surface area contributed by atoms with Gasteiger partial charge in [-0.25, -0.2) is 15.0 Å². The van der Waals surface area contributed by atoms with E-state index in [1.54, 1.807) is 0 Å². The summed E-state index contributed by atoms with van der Waals surface area (Å²) in [5, 5.41) is 3.28. The van der Waals surface area contributed by atoms with Gasteiger partial charge in [-0.15, -0.1) is 0 Å². The van der Waals surface area contributed by atoms with Crippen LogP contribution in [0.15, 0.2) is 18.5 Å². The van der Waals surface area contributed by atoms with Gasteiger partial charge in [-0.2, -0.15) is 0 Å². The molecule has 0 aliphatic rings. The van der Waals surface area contributed by atoms with Gasteiger partial charge in [-0.3, -0.25) is 0 Å². The second-order valence-electron chi connectivity index (χ2n) is 4.75. The topological polar surface area (TPSA) is 55.6 Å². The van der Waals surface area contributed by atoms with Gasteiger partial charge in [0.15, 0.2) is 0 Å². The molecule has 0 amide bonds. The lowest BCUT2D eigenvalue weighted by Crippen LogP contribution is -2.08. The molecule has 0 fully saturated rings. The van der Waals surface area contributed by atoms with Gasteiger partial charge in [-0.05, 0) is 20.3 Å². The quantitative estimate of drug-likeness (QED) is 0.842. The van der Waals surface area contributed by atoms with Gasteiger partial charge in [0.2, 0.25) is 0 Å². The first-order valence-corrected chi connectivity index (χ1v) is 7.37. The molecule has 20 heavy (non-hydrogen) atoms. The molecule has 0 aliphatic carbocycles. The minimum absolute atomic E-state index is 0.748. The van der Waals surface area contributed by atoms with E-state index in [1.807, 2.05) is 18.5 Å². The van der Waals surface area contributed by atoms with Crippen molar-refractivity contribution in [2.24, 2.45) is 0 Å². The van der Waals surface area contributed by atoms with Gasteiger partial charge in [0, 0.05) is 44.4 Å². The minimum Gasteiger partial charge on any atom is -0.370 e. The fourth-order valence-electron chi connectivity index (χ4n) is 2.21. The van der Waals surface area contributed by atoms with Crippen molar-refractivity contribution in [2.75, 3.05) is 11.9 Å². The molecule has 0 aromatic carbocycles. The van der Waals surface area contributed by atoms with Crippen molar-refractivity contribution in [2.45, 2.75) is 46.6 Å². The first-order valence-electron chi connectivity index (χ1n) is 7.37. The largest absolute Gasteiger partial charge is 0.370 e. The first kappa shape index (κ1) is 14.5. The summed E-state index contributed by atoms with van der Waals surface area (Å²) in [6, 6.07) is 2.03. The van der Waals surface area contributed by atoms with E-state index in [0.29, 0.717) is 0 Å². The average molecular weight is 273 g/mol. The molecule has 0 aliphatic heterocycles. The maximum atomic E-state index is 4.65. The summed E-state index contributed by atoms with van der Waals surface area (Å²) in [5.74, 6) is 2.88. The molecule has 2 rings (SSSR count). The van der Waals surface area contributed by atoms with E-state index in [0.717, 1.165) is 55.5 Å². The third kappa shape index (κ3) is 3.56. The number of hydrogen-bond acceptors (Lipinski definition) is 4. The highest BCUT2D eigenvalue weighted by Crippen LogP contribution is 2.12. The van der Waals surface area contributed by atoms with E-state index in [4.69, 9.17) is 0 Å². The third-order valence-corrected chi connectivity index (χ3v) is 3.14. The number of nitrogens with zero attached hydrogens (tertiary/aromatic N) is 4. The van der Waals surface area contributed by atoms with Crippen molar-refractivity contribution < 1.29 is 0 Å². The standard InChI is InChI=1S/C15H23N5/c1-4-7-13-18-12(10-14(19-13)16-5-2)11-15-17-8-9-20(15)6-3/h8-10H,4-7,11H2,1-3H3,(H,16,18,19). The molecular weight excluding hydrogens is 250 g/mol. The fourth-order valence-corrected chi connectivity index (χ4v) is 2.21. The Labute approximate surface area is 120 Å². The zero-order valence-electron chi connectivity index (χ0n) is 12.6. The van der Waals surface area contributed by atoms with Crippen molar-refractivity contribution in [1.29, 1.82) is 0 Å². The number of nitrogens with one attached hydrogen (secondary N) is 1. The Kier molecular flexibility index (Phi) is 5.09. The molecular formula is C15H23N5. The Balaban J connectivity index is 2.25. The highest BCUT2D eigenvalue weighted by molar-refractivity contribution is 5.36. The lowest BCUT2D eigenvalue weighted by Gasteiger charge is -2.09. The molecule has 0 unspecified atom stereocenters. The molecule has 0 spiro atoms. The van der Waals surface area contributed by atoms with Crippen molar-refractivity contribution in [3.05, 3.63) is 35.8 Å². The maximum Gasteiger partial charge on any atom is 0.131 e. The predicted octanol–water partition coefficient (Wildman–Crippen LogP) is 2.67. The Hall–Kier alpha value is -1.91. The van der Waals surface area contributed by atoms with Crippen LogP contribution in [0.2, 0.25) is 0 Å². The Morgan fingerprint density at radius 1 is 1.20 bits per heavy atom. The molecule has 108 valence electrons. The third-order valence-electron chi connectivity index (χ3n) is 3.14. The molecule has 2 aromatic rings. The van der Waals surface area contributed by atoms with Crippen molar-refractivity contribution in [1.82, 2.24) is 19.5 Å². The van der Waals surface area contributed by atoms with Crippen LogP contribution in [0.3, 0.4) is 0 Å². The van der Waals surface area contributed by atoms with E-state index in [1.165, 1.54) is 0 Å². The monoisotopic (exact) mass is 273 g/mol. The zero-order valence-corrected chi connectivity index (χ0v) is 12.6. The molecule has 0 saturated carbocycles. The van der Waals surface area contributed by atoms with Crippen LogP contribution in [0.25, 0.3) is 0 Å². The molecule has 5 nitrogen and oxygen atoms in total. The minimum atomic E-state index is 0.748. The Morgan fingerprint density at radius 3 is 2.75 bits per heavy atom. The number of anilines is 1. The maximum absolute atomic E-state index is 4.65. The van der Waals surface area contributed by atoms with Gasteiger partial charge in [0.1, 0.15) is 17.5 Å². The van der Waals surface area contributed by atoms with Crippen LogP contribution in [0.4, 0.5) is 5.82 Å². The summed E-state index contributed by atoms with van der Waals surface area (Å²) in [4.78, 5) is 13.6. The molecule has 0 atom stereocenters. The van der Waals surface area contributed by atoms with E-state index in [-0.39, 0.29) is 0 Å². The van der Waals surface area contributed by atoms with E-state index in [9.17, 15) is 0 Å². The van der Waals surface area contributed by atoms with Gasteiger partial charge in [-0.1, -0.05) is 6.92 Å². The summed E-state index contributed by atoms with van der Waals surface area (Å²) < 4.78 is 2.15. The Morgan fingerprint density at radius 2 is 2.05 bits per heavy atom. The summed E-state index contributed by atoms with van der Waals surface area (Å²) >= 11 is 0. The van der Waals surface area contributed by atoms with Crippen LogP contribution in [0, 0.1) is 0 Å². The van der Waals surface area contributed by atoms with Gasteiger partial charge < -0.3 is 9.88 Å².